The van der Waals surface area contributed by atoms with Crippen molar-refractivity contribution in [3.63, 3.8) is 0 Å². The number of ether oxygens (including phenoxy) is 1. The van der Waals surface area contributed by atoms with Crippen LogP contribution in [0.1, 0.15) is 30.5 Å². The molecule has 208 valence electrons. The molecule has 0 saturated carbocycles. The van der Waals surface area contributed by atoms with Gasteiger partial charge < -0.3 is 15.0 Å². The second-order valence-corrected chi connectivity index (χ2v) is 11.0. The third kappa shape index (κ3) is 6.94. The normalized spacial score (nSPS) is 11.9. The molecule has 3 aromatic carbocycles. The van der Waals surface area contributed by atoms with E-state index in [2.05, 4.69) is 5.32 Å². The molecule has 3 rings (SSSR count). The van der Waals surface area contributed by atoms with Crippen LogP contribution in [-0.2, 0) is 26.2 Å². The minimum atomic E-state index is -4.25. The number of likely N-dealkylation sites (N-methyl/N-ethyl adjacent to an activating group) is 1. The predicted octanol–water partition coefficient (Wildman–Crippen LogP) is 4.20. The number of sulfonamides is 1. The number of hydrogen-bond acceptors (Lipinski definition) is 5. The lowest BCUT2D eigenvalue weighted by Gasteiger charge is -2.32. The van der Waals surface area contributed by atoms with Gasteiger partial charge in [-0.25, -0.2) is 12.8 Å². The highest BCUT2D eigenvalue weighted by Gasteiger charge is 2.34. The van der Waals surface area contributed by atoms with Gasteiger partial charge in [-0.05, 0) is 63.6 Å². The molecule has 0 fully saturated rings. The quantitative estimate of drug-likeness (QED) is 0.383. The van der Waals surface area contributed by atoms with Crippen molar-refractivity contribution in [2.75, 3.05) is 24.5 Å². The lowest BCUT2D eigenvalue weighted by molar-refractivity contribution is -0.139. The Bertz CT molecular complexity index is 1430. The first-order chi connectivity index (χ1) is 18.5. The Morgan fingerprint density at radius 2 is 1.64 bits per heavy atom. The molecule has 1 N–H and O–H groups in total. The summed E-state index contributed by atoms with van der Waals surface area (Å²) in [6.07, 6.45) is 0. The zero-order valence-corrected chi connectivity index (χ0v) is 23.6. The summed E-state index contributed by atoms with van der Waals surface area (Å²) in [6, 6.07) is 16.2. The van der Waals surface area contributed by atoms with Crippen molar-refractivity contribution in [2.24, 2.45) is 0 Å². The first-order valence-electron chi connectivity index (χ1n) is 12.5. The van der Waals surface area contributed by atoms with Crippen LogP contribution in [0.25, 0.3) is 0 Å². The molecule has 8 nitrogen and oxygen atoms in total. The molecule has 39 heavy (non-hydrogen) atoms. The lowest BCUT2D eigenvalue weighted by atomic mass is 10.1. The third-order valence-corrected chi connectivity index (χ3v) is 8.08. The molecule has 0 radical (unpaired) electrons. The van der Waals surface area contributed by atoms with Gasteiger partial charge in [0.25, 0.3) is 10.0 Å². The van der Waals surface area contributed by atoms with Crippen LogP contribution in [0.2, 0.25) is 0 Å². The van der Waals surface area contributed by atoms with E-state index in [-0.39, 0.29) is 28.4 Å². The Hall–Kier alpha value is -3.92. The maximum Gasteiger partial charge on any atom is 0.264 e. The maximum atomic E-state index is 14.6. The highest BCUT2D eigenvalue weighted by atomic mass is 32.2. The zero-order valence-electron chi connectivity index (χ0n) is 22.8. The van der Waals surface area contributed by atoms with Gasteiger partial charge in [-0.3, -0.25) is 13.9 Å². The van der Waals surface area contributed by atoms with E-state index in [4.69, 9.17) is 4.74 Å². The number of carbonyl (C=O) groups is 2. The van der Waals surface area contributed by atoms with Crippen molar-refractivity contribution >= 4 is 27.5 Å². The molecule has 0 aliphatic carbocycles. The van der Waals surface area contributed by atoms with Crippen molar-refractivity contribution in [1.82, 2.24) is 10.2 Å². The first kappa shape index (κ1) is 29.6. The minimum Gasteiger partial charge on any atom is -0.495 e. The second-order valence-electron chi connectivity index (χ2n) is 9.18. The van der Waals surface area contributed by atoms with Gasteiger partial charge in [0.05, 0.1) is 17.7 Å². The summed E-state index contributed by atoms with van der Waals surface area (Å²) in [5.41, 5.74) is 1.99. The zero-order chi connectivity index (χ0) is 28.7. The number of amides is 2. The van der Waals surface area contributed by atoms with Crippen LogP contribution in [0, 0.1) is 19.7 Å². The number of anilines is 1. The van der Waals surface area contributed by atoms with Crippen molar-refractivity contribution < 1.29 is 27.1 Å². The lowest BCUT2D eigenvalue weighted by Crippen LogP contribution is -2.51. The van der Waals surface area contributed by atoms with Gasteiger partial charge in [-0.2, -0.15) is 0 Å². The molecule has 0 bridgehead atoms. The monoisotopic (exact) mass is 555 g/mol. The molecule has 0 spiro atoms. The van der Waals surface area contributed by atoms with Gasteiger partial charge in [0.1, 0.15) is 24.2 Å². The number of aryl methyl sites for hydroxylation is 2. The highest BCUT2D eigenvalue weighted by molar-refractivity contribution is 7.92. The fourth-order valence-electron chi connectivity index (χ4n) is 4.06. The predicted molar refractivity (Wildman–Crippen MR) is 149 cm³/mol. The van der Waals surface area contributed by atoms with E-state index < -0.39 is 40.2 Å². The summed E-state index contributed by atoms with van der Waals surface area (Å²) in [6.45, 7) is 6.36. The van der Waals surface area contributed by atoms with Crippen molar-refractivity contribution in [1.29, 1.82) is 0 Å². The molecular weight excluding hydrogens is 521 g/mol. The van der Waals surface area contributed by atoms with Crippen LogP contribution in [-0.4, -0.2) is 51.4 Å². The minimum absolute atomic E-state index is 0.0121. The van der Waals surface area contributed by atoms with E-state index in [1.807, 2.05) is 6.92 Å². The summed E-state index contributed by atoms with van der Waals surface area (Å²) >= 11 is 0. The molecular formula is C29H34FN3O5S. The Morgan fingerprint density at radius 3 is 2.26 bits per heavy atom. The number of halogens is 1. The Kier molecular flexibility index (Phi) is 9.69. The maximum absolute atomic E-state index is 14.6. The van der Waals surface area contributed by atoms with Gasteiger partial charge >= 0.3 is 0 Å². The molecule has 1 atom stereocenters. The molecule has 0 aliphatic heterocycles. The molecule has 3 aromatic rings. The average Bonchev–Trinajstić information content (AvgIpc) is 2.91. The Balaban J connectivity index is 2.11. The van der Waals surface area contributed by atoms with E-state index in [1.165, 1.54) is 49.3 Å². The summed E-state index contributed by atoms with van der Waals surface area (Å²) in [4.78, 5) is 27.8. The molecule has 0 aliphatic rings. The number of carbonyl (C=O) groups excluding carboxylic acids is 2. The summed E-state index contributed by atoms with van der Waals surface area (Å²) in [7, 11) is -2.84. The largest absolute Gasteiger partial charge is 0.495 e. The standard InChI is InChI=1S/C29H34FN3O5S/c1-6-31-29(35)22(4)32(18-23-9-7-8-10-25(23)30)28(34)19-33(26-17-21(3)13-16-27(26)38-5)39(36,37)24-14-11-20(2)12-15-24/h7-17,22H,6,18-19H2,1-5H3,(H,31,35). The topological polar surface area (TPSA) is 96.0 Å². The number of benzene rings is 3. The van der Waals surface area contributed by atoms with Crippen LogP contribution in [0.15, 0.2) is 71.6 Å². The van der Waals surface area contributed by atoms with Crippen molar-refractivity contribution in [3.8, 4) is 5.75 Å². The van der Waals surface area contributed by atoms with Crippen molar-refractivity contribution in [3.05, 3.63) is 89.2 Å². The number of methoxy groups -OCH3 is 1. The van der Waals surface area contributed by atoms with Gasteiger partial charge in [-0.15, -0.1) is 0 Å². The van der Waals surface area contributed by atoms with Gasteiger partial charge in [0.2, 0.25) is 11.8 Å². The molecule has 0 heterocycles. The van der Waals surface area contributed by atoms with Gasteiger partial charge in [-0.1, -0.05) is 42.0 Å². The molecule has 10 heteroatoms. The van der Waals surface area contributed by atoms with Gasteiger partial charge in [0, 0.05) is 18.7 Å². The second kappa shape index (κ2) is 12.8. The number of nitrogens with one attached hydrogen (secondary N) is 1. The number of rotatable bonds is 11. The Labute approximate surface area is 229 Å². The summed E-state index contributed by atoms with van der Waals surface area (Å²) < 4.78 is 48.9. The number of nitrogens with zero attached hydrogens (tertiary/aromatic N) is 2. The average molecular weight is 556 g/mol. The van der Waals surface area contributed by atoms with E-state index in [9.17, 15) is 22.4 Å². The van der Waals surface area contributed by atoms with E-state index in [1.54, 1.807) is 50.2 Å². The van der Waals surface area contributed by atoms with Crippen LogP contribution >= 0.6 is 0 Å². The third-order valence-electron chi connectivity index (χ3n) is 6.31. The fourth-order valence-corrected chi connectivity index (χ4v) is 5.48. The van der Waals surface area contributed by atoms with Crippen LogP contribution in [0.3, 0.4) is 0 Å². The summed E-state index contributed by atoms with van der Waals surface area (Å²) in [5.74, 6) is -1.41. The summed E-state index contributed by atoms with van der Waals surface area (Å²) in [5, 5.41) is 2.67. The van der Waals surface area contributed by atoms with Crippen molar-refractivity contribution in [2.45, 2.75) is 45.2 Å². The van der Waals surface area contributed by atoms with Gasteiger partial charge in [0.15, 0.2) is 0 Å². The van der Waals surface area contributed by atoms with Crippen LogP contribution in [0.5, 0.6) is 5.75 Å². The van der Waals surface area contributed by atoms with Crippen LogP contribution in [0.4, 0.5) is 10.1 Å². The van der Waals surface area contributed by atoms with E-state index >= 15 is 0 Å². The number of hydrogen-bond donors (Lipinski definition) is 1. The molecule has 0 saturated heterocycles. The highest BCUT2D eigenvalue weighted by Crippen LogP contribution is 2.34. The molecule has 0 aromatic heterocycles. The molecule has 2 amide bonds. The SMILES string of the molecule is CCNC(=O)C(C)N(Cc1ccccc1F)C(=O)CN(c1cc(C)ccc1OC)S(=O)(=O)c1ccc(C)cc1. The van der Waals surface area contributed by atoms with E-state index in [0.29, 0.717) is 6.54 Å². The first-order valence-corrected chi connectivity index (χ1v) is 14.0. The van der Waals surface area contributed by atoms with Crippen LogP contribution < -0.4 is 14.4 Å². The van der Waals surface area contributed by atoms with E-state index in [0.717, 1.165) is 15.4 Å². The molecule has 1 unspecified atom stereocenters. The Morgan fingerprint density at radius 1 is 1.00 bits per heavy atom. The fraction of sp³-hybridized carbons (Fsp3) is 0.310. The smallest absolute Gasteiger partial charge is 0.264 e.